The molecule has 0 N–H and O–H groups in total. The Morgan fingerprint density at radius 3 is 2.50 bits per heavy atom. The monoisotopic (exact) mass is 352 g/mol. The van der Waals surface area contributed by atoms with E-state index in [9.17, 15) is 10.1 Å². The van der Waals surface area contributed by atoms with E-state index in [4.69, 9.17) is 0 Å². The molecule has 26 heavy (non-hydrogen) atoms. The van der Waals surface area contributed by atoms with Gasteiger partial charge in [-0.1, -0.05) is 0 Å². The van der Waals surface area contributed by atoms with Crippen LogP contribution < -0.4 is 4.90 Å². The van der Waals surface area contributed by atoms with Gasteiger partial charge in [-0.15, -0.1) is 0 Å². The number of nitrogens with zero attached hydrogens (tertiary/aromatic N) is 6. The van der Waals surface area contributed by atoms with Crippen LogP contribution in [0.4, 0.5) is 5.69 Å². The van der Waals surface area contributed by atoms with E-state index in [1.165, 1.54) is 0 Å². The van der Waals surface area contributed by atoms with Gasteiger partial charge in [-0.3, -0.25) is 14.8 Å². The van der Waals surface area contributed by atoms with E-state index in [2.05, 4.69) is 25.8 Å². The molecule has 0 spiro atoms. The fraction of sp³-hybridized carbons (Fsp3) is 0.474. The smallest absolute Gasteiger partial charge is 0.222 e. The summed E-state index contributed by atoms with van der Waals surface area (Å²) < 4.78 is 0. The van der Waals surface area contributed by atoms with E-state index >= 15 is 0 Å². The second kappa shape index (κ2) is 8.11. The van der Waals surface area contributed by atoms with E-state index in [1.54, 1.807) is 18.5 Å². The minimum Gasteiger partial charge on any atom is -0.366 e. The van der Waals surface area contributed by atoms with E-state index in [0.717, 1.165) is 37.3 Å². The summed E-state index contributed by atoms with van der Waals surface area (Å²) in [6.45, 7) is 3.88. The van der Waals surface area contributed by atoms with Gasteiger partial charge in [0.05, 0.1) is 11.3 Å². The number of hydrogen-bond donors (Lipinski definition) is 0. The van der Waals surface area contributed by atoms with Gasteiger partial charge in [0.15, 0.2) is 0 Å². The fourth-order valence-electron chi connectivity index (χ4n) is 3.29. The Hall–Kier alpha value is -2.72. The van der Waals surface area contributed by atoms with Crippen molar-refractivity contribution in [2.75, 3.05) is 51.7 Å². The second-order valence-corrected chi connectivity index (χ2v) is 6.77. The van der Waals surface area contributed by atoms with Gasteiger partial charge >= 0.3 is 0 Å². The zero-order chi connectivity index (χ0) is 18.5. The molecule has 1 saturated heterocycles. The summed E-state index contributed by atoms with van der Waals surface area (Å²) in [7, 11) is 4.04. The van der Waals surface area contributed by atoms with Crippen LogP contribution in [0.1, 0.15) is 18.4 Å². The van der Waals surface area contributed by atoms with Crippen molar-refractivity contribution in [3.63, 3.8) is 0 Å². The van der Waals surface area contributed by atoms with Gasteiger partial charge in [0.25, 0.3) is 0 Å². The fourth-order valence-corrected chi connectivity index (χ4v) is 3.29. The van der Waals surface area contributed by atoms with Crippen LogP contribution in [-0.4, -0.2) is 72.5 Å². The number of carbonyl (C=O) groups is 1. The number of anilines is 1. The van der Waals surface area contributed by atoms with E-state index in [0.29, 0.717) is 30.6 Å². The topological polar surface area (TPSA) is 76.4 Å². The number of amides is 1. The average molecular weight is 352 g/mol. The van der Waals surface area contributed by atoms with Crippen molar-refractivity contribution < 1.29 is 4.79 Å². The molecule has 1 aromatic heterocycles. The van der Waals surface area contributed by atoms with Crippen molar-refractivity contribution in [2.24, 2.45) is 0 Å². The number of benzene rings is 1. The van der Waals surface area contributed by atoms with Gasteiger partial charge < -0.3 is 14.7 Å². The van der Waals surface area contributed by atoms with E-state index in [-0.39, 0.29) is 5.91 Å². The molecule has 1 amide bonds. The van der Waals surface area contributed by atoms with Crippen LogP contribution in [0.5, 0.6) is 0 Å². The Morgan fingerprint density at radius 2 is 1.85 bits per heavy atom. The van der Waals surface area contributed by atoms with Crippen molar-refractivity contribution in [1.29, 1.82) is 5.26 Å². The summed E-state index contributed by atoms with van der Waals surface area (Å²) in [5.41, 5.74) is 2.89. The second-order valence-electron chi connectivity index (χ2n) is 6.77. The number of fused-ring (bicyclic) bond motifs is 1. The van der Waals surface area contributed by atoms with Crippen LogP contribution in [0.25, 0.3) is 11.0 Å². The zero-order valence-corrected chi connectivity index (χ0v) is 15.4. The number of carbonyl (C=O) groups excluding carboxylic acids is 1. The average Bonchev–Trinajstić information content (AvgIpc) is 2.67. The summed E-state index contributed by atoms with van der Waals surface area (Å²) in [6, 6.07) is 5.90. The third kappa shape index (κ3) is 3.92. The van der Waals surface area contributed by atoms with Crippen molar-refractivity contribution in [1.82, 2.24) is 19.8 Å². The Balaban J connectivity index is 1.66. The van der Waals surface area contributed by atoms with Crippen LogP contribution in [-0.2, 0) is 4.79 Å². The molecule has 7 nitrogen and oxygen atoms in total. The van der Waals surface area contributed by atoms with Gasteiger partial charge in [0.1, 0.15) is 17.1 Å². The Morgan fingerprint density at radius 1 is 1.15 bits per heavy atom. The molecular formula is C19H24N6O. The molecule has 2 heterocycles. The maximum Gasteiger partial charge on any atom is 0.222 e. The van der Waals surface area contributed by atoms with Crippen LogP contribution in [0.15, 0.2) is 24.5 Å². The third-order valence-corrected chi connectivity index (χ3v) is 4.69. The minimum absolute atomic E-state index is 0.232. The first-order valence-corrected chi connectivity index (χ1v) is 8.91. The molecule has 1 aromatic carbocycles. The lowest BCUT2D eigenvalue weighted by Gasteiger charge is -2.36. The Bertz CT molecular complexity index is 820. The maximum absolute atomic E-state index is 12.3. The van der Waals surface area contributed by atoms with Gasteiger partial charge in [0, 0.05) is 45.0 Å². The lowest BCUT2D eigenvalue weighted by molar-refractivity contribution is -0.131. The standard InChI is InChI=1S/C19H24N6O/c1-23(2)9-3-4-17(26)25-12-10-24(11-13-25)16-6-5-15(14-20)18-19(16)22-8-7-21-18/h5-8H,3-4,9-13H2,1-2H3. The van der Waals surface area contributed by atoms with Crippen molar-refractivity contribution in [3.05, 3.63) is 30.1 Å². The third-order valence-electron chi connectivity index (χ3n) is 4.69. The van der Waals surface area contributed by atoms with Gasteiger partial charge in [-0.2, -0.15) is 5.26 Å². The van der Waals surface area contributed by atoms with Crippen LogP contribution in [0.2, 0.25) is 0 Å². The summed E-state index contributed by atoms with van der Waals surface area (Å²) in [6.07, 6.45) is 4.75. The summed E-state index contributed by atoms with van der Waals surface area (Å²) in [5, 5.41) is 9.26. The predicted molar refractivity (Wildman–Crippen MR) is 101 cm³/mol. The van der Waals surface area contributed by atoms with Crippen molar-refractivity contribution in [3.8, 4) is 6.07 Å². The molecule has 1 aliphatic rings. The maximum atomic E-state index is 12.3. The molecular weight excluding hydrogens is 328 g/mol. The van der Waals surface area contributed by atoms with Crippen LogP contribution >= 0.6 is 0 Å². The number of piperazine rings is 1. The molecule has 1 aliphatic heterocycles. The number of aromatic nitrogens is 2. The molecule has 1 fully saturated rings. The highest BCUT2D eigenvalue weighted by molar-refractivity contribution is 5.92. The highest BCUT2D eigenvalue weighted by Crippen LogP contribution is 2.27. The molecule has 0 aliphatic carbocycles. The molecule has 0 radical (unpaired) electrons. The highest BCUT2D eigenvalue weighted by atomic mass is 16.2. The Kier molecular flexibility index (Phi) is 5.64. The van der Waals surface area contributed by atoms with Crippen molar-refractivity contribution >= 4 is 22.6 Å². The Labute approximate surface area is 153 Å². The molecule has 7 heteroatoms. The largest absolute Gasteiger partial charge is 0.366 e. The van der Waals surface area contributed by atoms with E-state index < -0.39 is 0 Å². The van der Waals surface area contributed by atoms with Gasteiger partial charge in [-0.25, -0.2) is 0 Å². The number of nitriles is 1. The highest BCUT2D eigenvalue weighted by Gasteiger charge is 2.23. The van der Waals surface area contributed by atoms with E-state index in [1.807, 2.05) is 25.1 Å². The van der Waals surface area contributed by atoms with Crippen molar-refractivity contribution in [2.45, 2.75) is 12.8 Å². The summed E-state index contributed by atoms with van der Waals surface area (Å²) in [4.78, 5) is 27.4. The SMILES string of the molecule is CN(C)CCCC(=O)N1CCN(c2ccc(C#N)c3nccnc23)CC1. The number of hydrogen-bond acceptors (Lipinski definition) is 6. The normalized spacial score (nSPS) is 14.7. The van der Waals surface area contributed by atoms with Gasteiger partial charge in [-0.05, 0) is 39.2 Å². The molecule has 3 rings (SSSR count). The zero-order valence-electron chi connectivity index (χ0n) is 15.4. The quantitative estimate of drug-likeness (QED) is 0.811. The minimum atomic E-state index is 0.232. The first-order chi connectivity index (χ1) is 12.6. The van der Waals surface area contributed by atoms with Crippen LogP contribution in [0.3, 0.4) is 0 Å². The predicted octanol–water partition coefficient (Wildman–Crippen LogP) is 1.49. The number of rotatable bonds is 5. The molecule has 0 unspecified atom stereocenters. The summed E-state index contributed by atoms with van der Waals surface area (Å²) >= 11 is 0. The first-order valence-electron chi connectivity index (χ1n) is 8.91. The first kappa shape index (κ1) is 18.1. The lowest BCUT2D eigenvalue weighted by atomic mass is 10.1. The molecule has 0 bridgehead atoms. The van der Waals surface area contributed by atoms with Gasteiger partial charge in [0.2, 0.25) is 5.91 Å². The van der Waals surface area contributed by atoms with Crippen LogP contribution in [0, 0.1) is 11.3 Å². The molecule has 2 aromatic rings. The molecule has 0 atom stereocenters. The molecule has 0 saturated carbocycles. The molecule has 136 valence electrons. The summed E-state index contributed by atoms with van der Waals surface area (Å²) in [5.74, 6) is 0.232. The lowest BCUT2D eigenvalue weighted by Crippen LogP contribution is -2.49.